The van der Waals surface area contributed by atoms with Gasteiger partial charge in [0.1, 0.15) is 0 Å². The Morgan fingerprint density at radius 1 is 1.24 bits per heavy atom. The molecule has 1 heterocycles. The first-order valence-electron chi connectivity index (χ1n) is 6.81. The van der Waals surface area contributed by atoms with Gasteiger partial charge in [0, 0.05) is 19.0 Å². The number of nitrogens with zero attached hydrogens (tertiary/aromatic N) is 2. The Hall–Kier alpha value is -0.740. The van der Waals surface area contributed by atoms with Crippen LogP contribution in [0.15, 0.2) is 18.2 Å². The highest BCUT2D eigenvalue weighted by atomic mass is 35.5. The predicted molar refractivity (Wildman–Crippen MR) is 89.6 cm³/mol. The first-order chi connectivity index (χ1) is 9.97. The Kier molecular flexibility index (Phi) is 5.55. The van der Waals surface area contributed by atoms with Crippen LogP contribution < -0.4 is 5.32 Å². The van der Waals surface area contributed by atoms with E-state index < -0.39 is 0 Å². The van der Waals surface area contributed by atoms with Crippen LogP contribution in [0, 0.1) is 6.92 Å². The summed E-state index contributed by atoms with van der Waals surface area (Å²) in [6, 6.07) is 5.77. The van der Waals surface area contributed by atoms with E-state index in [0.29, 0.717) is 10.0 Å². The van der Waals surface area contributed by atoms with E-state index >= 15 is 0 Å². The lowest BCUT2D eigenvalue weighted by Crippen LogP contribution is -2.20. The fourth-order valence-electron chi connectivity index (χ4n) is 2.37. The molecule has 1 unspecified atom stereocenters. The highest BCUT2D eigenvalue weighted by Crippen LogP contribution is 2.29. The van der Waals surface area contributed by atoms with Gasteiger partial charge in [0.15, 0.2) is 0 Å². The number of hydrogen-bond acceptors (Lipinski definition) is 2. The number of hydrogen-bond donors (Lipinski definition) is 1. The van der Waals surface area contributed by atoms with Gasteiger partial charge in [-0.2, -0.15) is 5.10 Å². The molecule has 3 nitrogen and oxygen atoms in total. The van der Waals surface area contributed by atoms with Crippen LogP contribution in [0.3, 0.4) is 0 Å². The third-order valence-corrected chi connectivity index (χ3v) is 4.78. The summed E-state index contributed by atoms with van der Waals surface area (Å²) >= 11 is 18.5. The molecule has 114 valence electrons. The average Bonchev–Trinajstić information content (AvgIpc) is 2.75. The van der Waals surface area contributed by atoms with Crippen LogP contribution in [-0.4, -0.2) is 16.8 Å². The van der Waals surface area contributed by atoms with Crippen LogP contribution in [0.25, 0.3) is 0 Å². The van der Waals surface area contributed by atoms with Crippen LogP contribution in [0.1, 0.15) is 29.9 Å². The maximum Gasteiger partial charge on any atom is 0.0847 e. The number of nitrogens with one attached hydrogen (secondary N) is 1. The SMILES string of the molecule is CCn1nc(C)c(Cl)c1CC(NC)c1ccc(Cl)c(Cl)c1. The second-order valence-corrected chi connectivity index (χ2v) is 6.07. The summed E-state index contributed by atoms with van der Waals surface area (Å²) in [4.78, 5) is 0. The largest absolute Gasteiger partial charge is 0.313 e. The summed E-state index contributed by atoms with van der Waals surface area (Å²) in [5.41, 5.74) is 2.96. The molecular formula is C15H18Cl3N3. The summed E-state index contributed by atoms with van der Waals surface area (Å²) in [5, 5.41) is 9.60. The predicted octanol–water partition coefficient (Wildman–Crippen LogP) is 4.67. The molecule has 0 radical (unpaired) electrons. The first kappa shape index (κ1) is 16.6. The van der Waals surface area contributed by atoms with Gasteiger partial charge < -0.3 is 5.32 Å². The minimum atomic E-state index is 0.0960. The van der Waals surface area contributed by atoms with Gasteiger partial charge in [0.2, 0.25) is 0 Å². The van der Waals surface area contributed by atoms with E-state index in [1.54, 1.807) is 0 Å². The molecule has 2 aromatic rings. The molecule has 0 fully saturated rings. The number of likely N-dealkylation sites (N-methyl/N-ethyl adjacent to an activating group) is 1. The molecule has 6 heteroatoms. The van der Waals surface area contributed by atoms with Crippen molar-refractivity contribution >= 4 is 34.8 Å². The topological polar surface area (TPSA) is 29.9 Å². The molecule has 0 aliphatic carbocycles. The van der Waals surface area contributed by atoms with Gasteiger partial charge in [0.05, 0.1) is 26.5 Å². The lowest BCUT2D eigenvalue weighted by molar-refractivity contribution is 0.541. The van der Waals surface area contributed by atoms with Crippen molar-refractivity contribution in [2.24, 2.45) is 0 Å². The zero-order valence-corrected chi connectivity index (χ0v) is 14.5. The van der Waals surface area contributed by atoms with Gasteiger partial charge >= 0.3 is 0 Å². The number of benzene rings is 1. The van der Waals surface area contributed by atoms with E-state index in [0.717, 1.165) is 34.9 Å². The summed E-state index contributed by atoms with van der Waals surface area (Å²) in [6.07, 6.45) is 0.738. The highest BCUT2D eigenvalue weighted by Gasteiger charge is 2.18. The average molecular weight is 347 g/mol. The molecule has 0 aliphatic rings. The molecule has 21 heavy (non-hydrogen) atoms. The van der Waals surface area contributed by atoms with Gasteiger partial charge in [0.25, 0.3) is 0 Å². The van der Waals surface area contributed by atoms with Crippen LogP contribution in [-0.2, 0) is 13.0 Å². The Morgan fingerprint density at radius 3 is 2.52 bits per heavy atom. The molecule has 0 aliphatic heterocycles. The molecule has 1 N–H and O–H groups in total. The number of aromatic nitrogens is 2. The summed E-state index contributed by atoms with van der Waals surface area (Å²) in [5.74, 6) is 0. The quantitative estimate of drug-likeness (QED) is 0.852. The molecule has 0 amide bonds. The molecular weight excluding hydrogens is 329 g/mol. The lowest BCUT2D eigenvalue weighted by Gasteiger charge is -2.18. The van der Waals surface area contributed by atoms with E-state index in [-0.39, 0.29) is 6.04 Å². The molecule has 0 bridgehead atoms. The molecule has 0 saturated carbocycles. The van der Waals surface area contributed by atoms with E-state index in [2.05, 4.69) is 17.3 Å². The maximum absolute atomic E-state index is 6.38. The Labute approximate surface area is 140 Å². The minimum absolute atomic E-state index is 0.0960. The van der Waals surface area contributed by atoms with Crippen molar-refractivity contribution in [3.05, 3.63) is 50.2 Å². The van der Waals surface area contributed by atoms with Crippen LogP contribution in [0.4, 0.5) is 0 Å². The van der Waals surface area contributed by atoms with E-state index in [1.165, 1.54) is 0 Å². The third-order valence-electron chi connectivity index (χ3n) is 3.54. The monoisotopic (exact) mass is 345 g/mol. The van der Waals surface area contributed by atoms with Crippen molar-refractivity contribution in [1.29, 1.82) is 0 Å². The zero-order valence-electron chi connectivity index (χ0n) is 12.3. The standard InChI is InChI=1S/C15H18Cl3N3/c1-4-21-14(15(18)9(2)20-21)8-13(19-3)10-5-6-11(16)12(17)7-10/h5-7,13,19H,4,8H2,1-3H3. The van der Waals surface area contributed by atoms with Crippen molar-refractivity contribution in [2.75, 3.05) is 7.05 Å². The number of aryl methyl sites for hydroxylation is 2. The van der Waals surface area contributed by atoms with Crippen molar-refractivity contribution in [1.82, 2.24) is 15.1 Å². The fourth-order valence-corrected chi connectivity index (χ4v) is 2.89. The summed E-state index contributed by atoms with van der Waals surface area (Å²) in [6.45, 7) is 4.77. The van der Waals surface area contributed by atoms with Crippen LogP contribution in [0.5, 0.6) is 0 Å². The van der Waals surface area contributed by atoms with Gasteiger partial charge in [-0.05, 0) is 38.6 Å². The molecule has 1 aromatic heterocycles. The minimum Gasteiger partial charge on any atom is -0.313 e. The highest BCUT2D eigenvalue weighted by molar-refractivity contribution is 6.42. The molecule has 0 spiro atoms. The van der Waals surface area contributed by atoms with Gasteiger partial charge in [-0.3, -0.25) is 4.68 Å². The van der Waals surface area contributed by atoms with Crippen molar-refractivity contribution in [2.45, 2.75) is 32.9 Å². The molecule has 1 aromatic carbocycles. The van der Waals surface area contributed by atoms with E-state index in [4.69, 9.17) is 34.8 Å². The maximum atomic E-state index is 6.38. The van der Waals surface area contributed by atoms with Gasteiger partial charge in [-0.25, -0.2) is 0 Å². The Bertz CT molecular complexity index is 637. The number of rotatable bonds is 5. The van der Waals surface area contributed by atoms with E-state index in [1.807, 2.05) is 36.9 Å². The van der Waals surface area contributed by atoms with Crippen LogP contribution in [0.2, 0.25) is 15.1 Å². The smallest absolute Gasteiger partial charge is 0.0847 e. The molecule has 2 rings (SSSR count). The Balaban J connectivity index is 2.33. The summed E-state index contributed by atoms with van der Waals surface area (Å²) < 4.78 is 1.94. The number of halogens is 3. The molecule has 1 atom stereocenters. The third kappa shape index (κ3) is 3.54. The van der Waals surface area contributed by atoms with Gasteiger partial charge in [-0.15, -0.1) is 0 Å². The summed E-state index contributed by atoms with van der Waals surface area (Å²) in [7, 11) is 1.92. The van der Waals surface area contributed by atoms with Crippen LogP contribution >= 0.6 is 34.8 Å². The first-order valence-corrected chi connectivity index (χ1v) is 7.95. The molecule has 0 saturated heterocycles. The van der Waals surface area contributed by atoms with Crippen molar-refractivity contribution < 1.29 is 0 Å². The van der Waals surface area contributed by atoms with Crippen molar-refractivity contribution in [3.8, 4) is 0 Å². The zero-order chi connectivity index (χ0) is 15.6. The lowest BCUT2D eigenvalue weighted by atomic mass is 10.0. The Morgan fingerprint density at radius 2 is 1.95 bits per heavy atom. The van der Waals surface area contributed by atoms with Crippen molar-refractivity contribution in [3.63, 3.8) is 0 Å². The second-order valence-electron chi connectivity index (χ2n) is 4.88. The normalized spacial score (nSPS) is 12.7. The van der Waals surface area contributed by atoms with Gasteiger partial charge in [-0.1, -0.05) is 40.9 Å². The van der Waals surface area contributed by atoms with E-state index in [9.17, 15) is 0 Å². The fraction of sp³-hybridized carbons (Fsp3) is 0.400. The second kappa shape index (κ2) is 7.01.